The van der Waals surface area contributed by atoms with E-state index < -0.39 is 0 Å². The Kier molecular flexibility index (Phi) is 4.98. The van der Waals surface area contributed by atoms with E-state index in [0.717, 1.165) is 5.02 Å². The van der Waals surface area contributed by atoms with Crippen molar-refractivity contribution in [2.24, 2.45) is 0 Å². The van der Waals surface area contributed by atoms with Crippen LogP contribution in [0.1, 0.15) is 50.3 Å². The van der Waals surface area contributed by atoms with E-state index in [1.165, 1.54) is 70.3 Å². The summed E-state index contributed by atoms with van der Waals surface area (Å²) >= 11 is 6.23. The first-order valence-electron chi connectivity index (χ1n) is 8.08. The van der Waals surface area contributed by atoms with Gasteiger partial charge in [-0.05, 0) is 69.6 Å². The molecule has 3 heteroatoms. The van der Waals surface area contributed by atoms with Crippen LogP contribution in [-0.2, 0) is 0 Å². The molecular formula is C17H25ClN2. The molecule has 1 aromatic rings. The molecule has 3 rings (SSSR count). The molecule has 0 aliphatic carbocycles. The van der Waals surface area contributed by atoms with Crippen molar-refractivity contribution in [3.8, 4) is 0 Å². The maximum absolute atomic E-state index is 6.23. The second kappa shape index (κ2) is 6.93. The highest BCUT2D eigenvalue weighted by Crippen LogP contribution is 2.31. The minimum Gasteiger partial charge on any atom is -0.284 e. The molecule has 20 heavy (non-hydrogen) atoms. The van der Waals surface area contributed by atoms with Crippen molar-refractivity contribution in [3.05, 3.63) is 34.9 Å². The molecule has 2 aliphatic rings. The highest BCUT2D eigenvalue weighted by Gasteiger charge is 2.28. The summed E-state index contributed by atoms with van der Waals surface area (Å²) in [5, 5.41) is 0.863. The van der Waals surface area contributed by atoms with Crippen molar-refractivity contribution >= 4 is 11.6 Å². The Labute approximate surface area is 127 Å². The fraction of sp³-hybridized carbons (Fsp3) is 0.647. The van der Waals surface area contributed by atoms with Crippen molar-refractivity contribution in [2.75, 3.05) is 26.2 Å². The molecule has 0 unspecified atom stereocenters. The zero-order chi connectivity index (χ0) is 13.8. The SMILES string of the molecule is Clc1cccc(C(N2CCCCC2)N2CCCCC2)c1. The molecule has 0 bridgehead atoms. The van der Waals surface area contributed by atoms with Crippen LogP contribution in [0.2, 0.25) is 5.02 Å². The molecule has 1 aromatic carbocycles. The lowest BCUT2D eigenvalue weighted by molar-refractivity contribution is 0.0156. The van der Waals surface area contributed by atoms with E-state index in [2.05, 4.69) is 28.0 Å². The Morgan fingerprint density at radius 1 is 0.800 bits per heavy atom. The van der Waals surface area contributed by atoms with Crippen LogP contribution in [0.25, 0.3) is 0 Å². The average molecular weight is 293 g/mol. The van der Waals surface area contributed by atoms with E-state index in [9.17, 15) is 0 Å². The second-order valence-corrected chi connectivity index (χ2v) is 6.56. The summed E-state index contributed by atoms with van der Waals surface area (Å²) in [6.45, 7) is 4.92. The van der Waals surface area contributed by atoms with E-state index in [0.29, 0.717) is 6.17 Å². The lowest BCUT2D eigenvalue weighted by Crippen LogP contribution is -2.45. The number of piperidine rings is 2. The Balaban J connectivity index is 1.85. The number of hydrogen-bond acceptors (Lipinski definition) is 2. The molecular weight excluding hydrogens is 268 g/mol. The monoisotopic (exact) mass is 292 g/mol. The molecule has 0 atom stereocenters. The van der Waals surface area contributed by atoms with Crippen LogP contribution in [0.4, 0.5) is 0 Å². The maximum Gasteiger partial charge on any atom is 0.0886 e. The number of benzene rings is 1. The lowest BCUT2D eigenvalue weighted by atomic mass is 10.0. The molecule has 0 radical (unpaired) electrons. The van der Waals surface area contributed by atoms with Crippen molar-refractivity contribution in [1.29, 1.82) is 0 Å². The molecule has 0 spiro atoms. The zero-order valence-electron chi connectivity index (χ0n) is 12.2. The third kappa shape index (κ3) is 3.36. The molecule has 0 saturated carbocycles. The molecule has 0 N–H and O–H groups in total. The van der Waals surface area contributed by atoms with Gasteiger partial charge in [0, 0.05) is 5.02 Å². The quantitative estimate of drug-likeness (QED) is 0.819. The summed E-state index contributed by atoms with van der Waals surface area (Å²) in [6.07, 6.45) is 8.57. The van der Waals surface area contributed by atoms with E-state index in [4.69, 9.17) is 11.6 Å². The van der Waals surface area contributed by atoms with Crippen LogP contribution >= 0.6 is 11.6 Å². The van der Waals surface area contributed by atoms with Crippen LogP contribution < -0.4 is 0 Å². The van der Waals surface area contributed by atoms with Crippen molar-refractivity contribution in [3.63, 3.8) is 0 Å². The smallest absolute Gasteiger partial charge is 0.0886 e. The highest BCUT2D eigenvalue weighted by atomic mass is 35.5. The second-order valence-electron chi connectivity index (χ2n) is 6.12. The van der Waals surface area contributed by atoms with Gasteiger partial charge in [-0.15, -0.1) is 0 Å². The van der Waals surface area contributed by atoms with Crippen LogP contribution in [0.3, 0.4) is 0 Å². The molecule has 2 saturated heterocycles. The molecule has 0 amide bonds. The van der Waals surface area contributed by atoms with Gasteiger partial charge in [-0.1, -0.05) is 36.6 Å². The van der Waals surface area contributed by atoms with Gasteiger partial charge >= 0.3 is 0 Å². The average Bonchev–Trinajstić information content (AvgIpc) is 2.50. The minimum absolute atomic E-state index is 0.439. The van der Waals surface area contributed by atoms with Crippen LogP contribution in [0.15, 0.2) is 24.3 Å². The van der Waals surface area contributed by atoms with E-state index >= 15 is 0 Å². The van der Waals surface area contributed by atoms with Crippen LogP contribution in [0.5, 0.6) is 0 Å². The third-order valence-corrected chi connectivity index (χ3v) is 4.85. The summed E-state index contributed by atoms with van der Waals surface area (Å²) in [5.74, 6) is 0. The largest absolute Gasteiger partial charge is 0.284 e. The molecule has 2 nitrogen and oxygen atoms in total. The fourth-order valence-corrected chi connectivity index (χ4v) is 3.84. The minimum atomic E-state index is 0.439. The van der Waals surface area contributed by atoms with Gasteiger partial charge < -0.3 is 0 Å². The number of rotatable bonds is 3. The first kappa shape index (κ1) is 14.4. The topological polar surface area (TPSA) is 6.48 Å². The molecule has 2 aliphatic heterocycles. The maximum atomic E-state index is 6.23. The first-order chi connectivity index (χ1) is 9.84. The van der Waals surface area contributed by atoms with Crippen molar-refractivity contribution < 1.29 is 0 Å². The van der Waals surface area contributed by atoms with Crippen molar-refractivity contribution in [2.45, 2.75) is 44.7 Å². The van der Waals surface area contributed by atoms with Gasteiger partial charge in [-0.3, -0.25) is 9.80 Å². The molecule has 110 valence electrons. The normalized spacial score (nSPS) is 22.3. The first-order valence-corrected chi connectivity index (χ1v) is 8.46. The van der Waals surface area contributed by atoms with E-state index in [1.807, 2.05) is 6.07 Å². The fourth-order valence-electron chi connectivity index (χ4n) is 3.65. The predicted molar refractivity (Wildman–Crippen MR) is 85.0 cm³/mol. The van der Waals surface area contributed by atoms with Gasteiger partial charge in [0.05, 0.1) is 6.17 Å². The van der Waals surface area contributed by atoms with Crippen LogP contribution in [0, 0.1) is 0 Å². The summed E-state index contributed by atoms with van der Waals surface area (Å²) in [4.78, 5) is 5.33. The Morgan fingerprint density at radius 2 is 1.35 bits per heavy atom. The number of halogens is 1. The van der Waals surface area contributed by atoms with E-state index in [1.54, 1.807) is 0 Å². The van der Waals surface area contributed by atoms with Gasteiger partial charge in [0.15, 0.2) is 0 Å². The van der Waals surface area contributed by atoms with Gasteiger partial charge in [-0.2, -0.15) is 0 Å². The van der Waals surface area contributed by atoms with Gasteiger partial charge in [0.25, 0.3) is 0 Å². The van der Waals surface area contributed by atoms with Crippen LogP contribution in [-0.4, -0.2) is 36.0 Å². The van der Waals surface area contributed by atoms with Gasteiger partial charge in [0.2, 0.25) is 0 Å². The summed E-state index contributed by atoms with van der Waals surface area (Å²) in [7, 11) is 0. The summed E-state index contributed by atoms with van der Waals surface area (Å²) in [6, 6.07) is 8.49. The highest BCUT2D eigenvalue weighted by molar-refractivity contribution is 6.30. The van der Waals surface area contributed by atoms with E-state index in [-0.39, 0.29) is 0 Å². The third-order valence-electron chi connectivity index (χ3n) is 4.62. The number of likely N-dealkylation sites (tertiary alicyclic amines) is 2. The van der Waals surface area contributed by atoms with Gasteiger partial charge in [-0.25, -0.2) is 0 Å². The zero-order valence-corrected chi connectivity index (χ0v) is 13.0. The van der Waals surface area contributed by atoms with Crippen molar-refractivity contribution in [1.82, 2.24) is 9.80 Å². The summed E-state index contributed by atoms with van der Waals surface area (Å²) in [5.41, 5.74) is 1.38. The summed E-state index contributed by atoms with van der Waals surface area (Å²) < 4.78 is 0. The predicted octanol–water partition coefficient (Wildman–Crippen LogP) is 4.31. The molecule has 0 aromatic heterocycles. The number of hydrogen-bond donors (Lipinski definition) is 0. The molecule has 2 fully saturated rings. The Bertz CT molecular complexity index is 405. The lowest BCUT2D eigenvalue weighted by Gasteiger charge is -2.43. The standard InChI is InChI=1S/C17H25ClN2/c18-16-9-7-8-15(14-16)17(19-10-3-1-4-11-19)20-12-5-2-6-13-20/h7-9,14,17H,1-6,10-13H2. The Hall–Kier alpha value is -0.570. The molecule has 2 heterocycles. The number of nitrogens with zero attached hydrogens (tertiary/aromatic N) is 2. The Morgan fingerprint density at radius 3 is 1.85 bits per heavy atom. The van der Waals surface area contributed by atoms with Gasteiger partial charge in [0.1, 0.15) is 0 Å².